The van der Waals surface area contributed by atoms with E-state index >= 15 is 0 Å². The summed E-state index contributed by atoms with van der Waals surface area (Å²) in [6.45, 7) is 2.64. The molecule has 0 saturated carbocycles. The second-order valence-corrected chi connectivity index (χ2v) is 5.39. The highest BCUT2D eigenvalue weighted by Gasteiger charge is 2.26. The van der Waals surface area contributed by atoms with Crippen LogP contribution in [-0.2, 0) is 7.05 Å². The van der Waals surface area contributed by atoms with Crippen LogP contribution >= 0.6 is 0 Å². The molecule has 3 rings (SSSR count). The van der Waals surface area contributed by atoms with Gasteiger partial charge in [0.25, 0.3) is 5.91 Å². The molecule has 0 spiro atoms. The highest BCUT2D eigenvalue weighted by Crippen LogP contribution is 2.24. The summed E-state index contributed by atoms with van der Waals surface area (Å²) in [5.74, 6) is 0.808. The molecule has 1 saturated heterocycles. The lowest BCUT2D eigenvalue weighted by molar-refractivity contribution is 0.0933. The molecule has 1 amide bonds. The number of furan rings is 1. The van der Waals surface area contributed by atoms with E-state index in [2.05, 4.69) is 15.3 Å². The van der Waals surface area contributed by atoms with Crippen LogP contribution in [0, 0.1) is 0 Å². The van der Waals surface area contributed by atoms with Crippen molar-refractivity contribution in [3.63, 3.8) is 0 Å². The van der Waals surface area contributed by atoms with E-state index < -0.39 is 0 Å². The van der Waals surface area contributed by atoms with Gasteiger partial charge in [0.1, 0.15) is 5.76 Å². The third kappa shape index (κ3) is 3.16. The van der Waals surface area contributed by atoms with Gasteiger partial charge in [0.15, 0.2) is 0 Å². The fourth-order valence-electron chi connectivity index (χ4n) is 2.77. The van der Waals surface area contributed by atoms with E-state index in [1.165, 1.54) is 12.8 Å². The Balaban J connectivity index is 1.66. The molecule has 2 aromatic heterocycles. The second kappa shape index (κ2) is 6.13. The van der Waals surface area contributed by atoms with Gasteiger partial charge in [-0.3, -0.25) is 14.4 Å². The summed E-state index contributed by atoms with van der Waals surface area (Å²) < 4.78 is 7.17. The minimum absolute atomic E-state index is 0.0983. The lowest BCUT2D eigenvalue weighted by atomic mass is 10.2. The molecule has 1 N–H and O–H groups in total. The van der Waals surface area contributed by atoms with Gasteiger partial charge < -0.3 is 9.73 Å². The summed E-state index contributed by atoms with van der Waals surface area (Å²) in [7, 11) is 1.80. The predicted molar refractivity (Wildman–Crippen MR) is 77.8 cm³/mol. The highest BCUT2D eigenvalue weighted by atomic mass is 16.3. The largest absolute Gasteiger partial charge is 0.468 e. The molecule has 0 aromatic carbocycles. The van der Waals surface area contributed by atoms with Gasteiger partial charge in [-0.1, -0.05) is 0 Å². The first-order valence-electron chi connectivity index (χ1n) is 7.28. The van der Waals surface area contributed by atoms with E-state index in [9.17, 15) is 4.79 Å². The number of likely N-dealkylation sites (tertiary alicyclic amines) is 1. The fraction of sp³-hybridized carbons (Fsp3) is 0.467. The number of aromatic nitrogens is 2. The molecule has 21 heavy (non-hydrogen) atoms. The van der Waals surface area contributed by atoms with Gasteiger partial charge in [0.05, 0.1) is 24.1 Å². The summed E-state index contributed by atoms with van der Waals surface area (Å²) in [5.41, 5.74) is 0.581. The Morgan fingerprint density at radius 1 is 1.48 bits per heavy atom. The SMILES string of the molecule is Cn1cc(C(=O)NCC(c2ccco2)N2CCCC2)cn1. The summed E-state index contributed by atoms with van der Waals surface area (Å²) in [5, 5.41) is 7.00. The molecule has 0 aliphatic carbocycles. The quantitative estimate of drug-likeness (QED) is 0.907. The van der Waals surface area contributed by atoms with Crippen molar-refractivity contribution in [2.75, 3.05) is 19.6 Å². The zero-order valence-corrected chi connectivity index (χ0v) is 12.2. The first kappa shape index (κ1) is 13.9. The number of hydrogen-bond donors (Lipinski definition) is 1. The molecule has 1 atom stereocenters. The molecule has 112 valence electrons. The molecule has 0 radical (unpaired) electrons. The second-order valence-electron chi connectivity index (χ2n) is 5.39. The van der Waals surface area contributed by atoms with Crippen molar-refractivity contribution in [1.29, 1.82) is 0 Å². The Morgan fingerprint density at radius 2 is 2.29 bits per heavy atom. The minimum Gasteiger partial charge on any atom is -0.468 e. The van der Waals surface area contributed by atoms with Gasteiger partial charge in [-0.25, -0.2) is 0 Å². The standard InChI is InChI=1S/C15H20N4O2/c1-18-11-12(9-17-18)15(20)16-10-13(14-5-4-8-21-14)19-6-2-3-7-19/h4-5,8-9,11,13H,2-3,6-7,10H2,1H3,(H,16,20). The Hall–Kier alpha value is -2.08. The van der Waals surface area contributed by atoms with E-state index in [-0.39, 0.29) is 11.9 Å². The normalized spacial score (nSPS) is 17.0. The monoisotopic (exact) mass is 288 g/mol. The molecular weight excluding hydrogens is 268 g/mol. The van der Waals surface area contributed by atoms with Gasteiger partial charge in [0.2, 0.25) is 0 Å². The van der Waals surface area contributed by atoms with Crippen LogP contribution in [0.5, 0.6) is 0 Å². The Bertz CT molecular complexity index is 585. The van der Waals surface area contributed by atoms with Gasteiger partial charge in [-0.2, -0.15) is 5.10 Å². The van der Waals surface area contributed by atoms with Crippen molar-refractivity contribution in [1.82, 2.24) is 20.0 Å². The van der Waals surface area contributed by atoms with Crippen LogP contribution in [0.25, 0.3) is 0 Å². The first-order valence-corrected chi connectivity index (χ1v) is 7.28. The zero-order chi connectivity index (χ0) is 14.7. The van der Waals surface area contributed by atoms with Crippen LogP contribution in [0.2, 0.25) is 0 Å². The molecule has 0 bridgehead atoms. The molecule has 1 unspecified atom stereocenters. The third-order valence-electron chi connectivity index (χ3n) is 3.88. The number of rotatable bonds is 5. The number of nitrogens with zero attached hydrogens (tertiary/aromatic N) is 3. The smallest absolute Gasteiger partial charge is 0.254 e. The topological polar surface area (TPSA) is 63.3 Å². The highest BCUT2D eigenvalue weighted by molar-refractivity contribution is 5.93. The number of amides is 1. The number of carbonyl (C=O) groups excluding carboxylic acids is 1. The fourth-order valence-corrected chi connectivity index (χ4v) is 2.77. The van der Waals surface area contributed by atoms with E-state index in [0.29, 0.717) is 12.1 Å². The third-order valence-corrected chi connectivity index (χ3v) is 3.88. The lowest BCUT2D eigenvalue weighted by Gasteiger charge is -2.25. The van der Waals surface area contributed by atoms with Gasteiger partial charge in [-0.05, 0) is 38.1 Å². The molecule has 1 aliphatic heterocycles. The number of carbonyl (C=O) groups is 1. The maximum absolute atomic E-state index is 12.1. The van der Waals surface area contributed by atoms with Crippen molar-refractivity contribution >= 4 is 5.91 Å². The minimum atomic E-state index is -0.0983. The van der Waals surface area contributed by atoms with E-state index in [4.69, 9.17) is 4.42 Å². The molecule has 6 nitrogen and oxygen atoms in total. The summed E-state index contributed by atoms with van der Waals surface area (Å²) in [6, 6.07) is 3.96. The molecular formula is C15H20N4O2. The first-order chi connectivity index (χ1) is 10.2. The summed E-state index contributed by atoms with van der Waals surface area (Å²) >= 11 is 0. The van der Waals surface area contributed by atoms with Gasteiger partial charge >= 0.3 is 0 Å². The van der Waals surface area contributed by atoms with Crippen molar-refractivity contribution in [2.24, 2.45) is 7.05 Å². The zero-order valence-electron chi connectivity index (χ0n) is 12.2. The van der Waals surface area contributed by atoms with Crippen LogP contribution in [0.4, 0.5) is 0 Å². The molecule has 2 aromatic rings. The summed E-state index contributed by atoms with van der Waals surface area (Å²) in [4.78, 5) is 14.5. The Kier molecular flexibility index (Phi) is 4.06. The molecule has 1 aliphatic rings. The number of aryl methyl sites for hydroxylation is 1. The van der Waals surface area contributed by atoms with Crippen molar-refractivity contribution in [3.05, 3.63) is 42.1 Å². The van der Waals surface area contributed by atoms with Gasteiger partial charge in [-0.15, -0.1) is 0 Å². The van der Waals surface area contributed by atoms with Crippen molar-refractivity contribution in [3.8, 4) is 0 Å². The molecule has 3 heterocycles. The van der Waals surface area contributed by atoms with E-state index in [1.807, 2.05) is 12.1 Å². The van der Waals surface area contributed by atoms with Crippen LogP contribution < -0.4 is 5.32 Å². The average molecular weight is 288 g/mol. The van der Waals surface area contributed by atoms with Crippen molar-refractivity contribution in [2.45, 2.75) is 18.9 Å². The van der Waals surface area contributed by atoms with Crippen LogP contribution in [0.3, 0.4) is 0 Å². The Labute approximate surface area is 123 Å². The van der Waals surface area contributed by atoms with E-state index in [0.717, 1.165) is 18.8 Å². The Morgan fingerprint density at radius 3 is 2.90 bits per heavy atom. The van der Waals surface area contributed by atoms with Crippen LogP contribution in [0.1, 0.15) is 35.0 Å². The lowest BCUT2D eigenvalue weighted by Crippen LogP contribution is -2.36. The predicted octanol–water partition coefficient (Wildman–Crippen LogP) is 1.58. The maximum Gasteiger partial charge on any atom is 0.254 e. The van der Waals surface area contributed by atoms with Gasteiger partial charge in [0, 0.05) is 19.8 Å². The molecule has 6 heteroatoms. The average Bonchev–Trinajstić information content (AvgIpc) is 3.21. The van der Waals surface area contributed by atoms with Crippen LogP contribution in [0.15, 0.2) is 35.2 Å². The van der Waals surface area contributed by atoms with Crippen LogP contribution in [-0.4, -0.2) is 40.2 Å². The van der Waals surface area contributed by atoms with Crippen molar-refractivity contribution < 1.29 is 9.21 Å². The summed E-state index contributed by atoms with van der Waals surface area (Å²) in [6.07, 6.45) is 7.38. The molecule has 1 fully saturated rings. The van der Waals surface area contributed by atoms with E-state index in [1.54, 1.807) is 30.4 Å². The number of hydrogen-bond acceptors (Lipinski definition) is 4. The maximum atomic E-state index is 12.1. The number of nitrogens with one attached hydrogen (secondary N) is 1.